The number of carbonyl (C=O) groups excluding carboxylic acids is 1. The van der Waals surface area contributed by atoms with E-state index in [-0.39, 0.29) is 5.24 Å². The summed E-state index contributed by atoms with van der Waals surface area (Å²) in [5.74, 6) is 0. The molecule has 0 aromatic rings. The molecule has 0 unspecified atom stereocenters. The van der Waals surface area contributed by atoms with E-state index in [0.717, 1.165) is 11.8 Å². The van der Waals surface area contributed by atoms with E-state index in [1.54, 1.807) is 0 Å². The van der Waals surface area contributed by atoms with Gasteiger partial charge in [0.15, 0.2) is 0 Å². The molecule has 1 aliphatic rings. The van der Waals surface area contributed by atoms with Crippen molar-refractivity contribution in [2.24, 2.45) is 5.10 Å². The predicted molar refractivity (Wildman–Crippen MR) is 29.6 cm³/mol. The molecule has 1 amide bonds. The largest absolute Gasteiger partial charge is 0.475 e. The van der Waals surface area contributed by atoms with Gasteiger partial charge in [-0.15, -0.1) is 5.10 Å². The SMILES string of the molecule is COC1=N[N]C(=O)S1. The quantitative estimate of drug-likeness (QED) is 0.477. The molecule has 0 aromatic heterocycles. The van der Waals surface area contributed by atoms with Gasteiger partial charge in [0.25, 0.3) is 5.23 Å². The highest BCUT2D eigenvalue weighted by atomic mass is 32.2. The second-order valence-corrected chi connectivity index (χ2v) is 1.94. The van der Waals surface area contributed by atoms with E-state index in [4.69, 9.17) is 0 Å². The van der Waals surface area contributed by atoms with Crippen molar-refractivity contribution >= 4 is 22.2 Å². The minimum Gasteiger partial charge on any atom is -0.475 e. The molecule has 43 valence electrons. The van der Waals surface area contributed by atoms with Crippen molar-refractivity contribution in [3.05, 3.63) is 0 Å². The van der Waals surface area contributed by atoms with Crippen molar-refractivity contribution in [3.8, 4) is 0 Å². The average molecular weight is 131 g/mol. The van der Waals surface area contributed by atoms with Crippen molar-refractivity contribution in [1.82, 2.24) is 5.43 Å². The van der Waals surface area contributed by atoms with Gasteiger partial charge in [0.2, 0.25) is 0 Å². The van der Waals surface area contributed by atoms with Crippen LogP contribution in [0.1, 0.15) is 0 Å². The van der Waals surface area contributed by atoms with Gasteiger partial charge in [-0.2, -0.15) is 0 Å². The molecule has 0 fully saturated rings. The monoisotopic (exact) mass is 131 g/mol. The lowest BCUT2D eigenvalue weighted by Crippen LogP contribution is -1.92. The maximum Gasteiger partial charge on any atom is 0.332 e. The maximum atomic E-state index is 10.2. The first kappa shape index (κ1) is 5.43. The maximum absolute atomic E-state index is 10.2. The highest BCUT2D eigenvalue weighted by molar-refractivity contribution is 8.26. The van der Waals surface area contributed by atoms with Gasteiger partial charge < -0.3 is 4.74 Å². The number of methoxy groups -OCH3 is 1. The number of hydrogen-bond donors (Lipinski definition) is 0. The third kappa shape index (κ3) is 0.919. The lowest BCUT2D eigenvalue weighted by molar-refractivity contribution is 0.261. The Morgan fingerprint density at radius 1 is 1.75 bits per heavy atom. The number of rotatable bonds is 0. The second kappa shape index (κ2) is 2.04. The van der Waals surface area contributed by atoms with Crippen LogP contribution in [0.2, 0.25) is 0 Å². The van der Waals surface area contributed by atoms with Crippen molar-refractivity contribution in [1.29, 1.82) is 0 Å². The van der Waals surface area contributed by atoms with Crippen molar-refractivity contribution in [3.63, 3.8) is 0 Å². The number of carbonyl (C=O) groups is 1. The van der Waals surface area contributed by atoms with Crippen LogP contribution in [-0.2, 0) is 4.74 Å². The number of thioether (sulfide) groups is 1. The van der Waals surface area contributed by atoms with E-state index in [9.17, 15) is 4.79 Å². The second-order valence-electron chi connectivity index (χ2n) is 1.04. The zero-order valence-corrected chi connectivity index (χ0v) is 4.94. The zero-order valence-electron chi connectivity index (χ0n) is 4.12. The van der Waals surface area contributed by atoms with E-state index in [1.807, 2.05) is 0 Å². The summed E-state index contributed by atoms with van der Waals surface area (Å²) in [5, 5.41) is 3.37. The Kier molecular flexibility index (Phi) is 1.38. The van der Waals surface area contributed by atoms with Crippen LogP contribution in [0.25, 0.3) is 0 Å². The fraction of sp³-hybridized carbons (Fsp3) is 0.333. The first-order chi connectivity index (χ1) is 3.83. The van der Waals surface area contributed by atoms with Gasteiger partial charge in [0.05, 0.1) is 7.11 Å². The van der Waals surface area contributed by atoms with Gasteiger partial charge in [-0.25, -0.2) is 0 Å². The molecule has 5 heteroatoms. The zero-order chi connectivity index (χ0) is 5.98. The Labute approximate surface area is 50.3 Å². The smallest absolute Gasteiger partial charge is 0.332 e. The number of hydrogen-bond acceptors (Lipinski definition) is 4. The molecule has 1 aliphatic heterocycles. The molecule has 0 saturated carbocycles. The predicted octanol–water partition coefficient (Wildman–Crippen LogP) is 0.375. The van der Waals surface area contributed by atoms with Gasteiger partial charge in [-0.05, 0) is 0 Å². The molecular formula is C3H3N2O2S. The van der Waals surface area contributed by atoms with Gasteiger partial charge in [-0.1, -0.05) is 5.43 Å². The van der Waals surface area contributed by atoms with E-state index in [2.05, 4.69) is 15.3 Å². The topological polar surface area (TPSA) is 52.8 Å². The van der Waals surface area contributed by atoms with Crippen molar-refractivity contribution < 1.29 is 9.53 Å². The summed E-state index contributed by atoms with van der Waals surface area (Å²) in [6.07, 6.45) is 0. The molecular weight excluding hydrogens is 128 g/mol. The lowest BCUT2D eigenvalue weighted by Gasteiger charge is -1.87. The lowest BCUT2D eigenvalue weighted by atomic mass is 11.4. The third-order valence-electron chi connectivity index (χ3n) is 0.563. The summed E-state index contributed by atoms with van der Waals surface area (Å²) in [4.78, 5) is 10.2. The van der Waals surface area contributed by atoms with Crippen LogP contribution in [0.15, 0.2) is 5.10 Å². The molecule has 4 nitrogen and oxygen atoms in total. The van der Waals surface area contributed by atoms with Crippen LogP contribution in [0, 0.1) is 0 Å². The third-order valence-corrected chi connectivity index (χ3v) is 1.24. The van der Waals surface area contributed by atoms with Gasteiger partial charge in [0, 0.05) is 11.8 Å². The standard InChI is InChI=1S/C3H3N2O2S/c1-7-3-5-4-2(6)8-3/h1H3. The summed E-state index contributed by atoms with van der Waals surface area (Å²) in [5.41, 5.74) is 3.18. The van der Waals surface area contributed by atoms with Gasteiger partial charge >= 0.3 is 5.24 Å². The molecule has 0 aromatic carbocycles. The van der Waals surface area contributed by atoms with E-state index in [1.165, 1.54) is 7.11 Å². The fourth-order valence-corrected chi connectivity index (χ4v) is 0.676. The van der Waals surface area contributed by atoms with Crippen LogP contribution in [0.4, 0.5) is 4.79 Å². The van der Waals surface area contributed by atoms with Gasteiger partial charge in [-0.3, -0.25) is 4.79 Å². The highest BCUT2D eigenvalue weighted by Crippen LogP contribution is 2.11. The Morgan fingerprint density at radius 3 is 2.75 bits per heavy atom. The first-order valence-electron chi connectivity index (χ1n) is 1.87. The molecule has 1 rings (SSSR count). The summed E-state index contributed by atoms with van der Waals surface area (Å²) >= 11 is 0.888. The molecule has 1 heterocycles. The molecule has 0 aliphatic carbocycles. The molecule has 0 saturated heterocycles. The summed E-state index contributed by atoms with van der Waals surface area (Å²) < 4.78 is 4.58. The molecule has 8 heavy (non-hydrogen) atoms. The number of nitrogens with zero attached hydrogens (tertiary/aromatic N) is 2. The molecule has 0 bridgehead atoms. The van der Waals surface area contributed by atoms with Crippen molar-refractivity contribution in [2.45, 2.75) is 0 Å². The van der Waals surface area contributed by atoms with E-state index >= 15 is 0 Å². The van der Waals surface area contributed by atoms with Crippen LogP contribution >= 0.6 is 11.8 Å². The molecule has 0 atom stereocenters. The minimum atomic E-state index is -0.318. The van der Waals surface area contributed by atoms with Crippen LogP contribution in [-0.4, -0.2) is 17.6 Å². The van der Waals surface area contributed by atoms with E-state index < -0.39 is 0 Å². The Hall–Kier alpha value is -0.710. The Bertz CT molecular complexity index is 144. The normalized spacial score (nSPS) is 17.6. The molecule has 1 radical (unpaired) electrons. The first-order valence-corrected chi connectivity index (χ1v) is 2.69. The summed E-state index contributed by atoms with van der Waals surface area (Å²) in [6, 6.07) is 0. The van der Waals surface area contributed by atoms with Crippen LogP contribution in [0.3, 0.4) is 0 Å². The number of ether oxygens (including phenoxy) is 1. The highest BCUT2D eigenvalue weighted by Gasteiger charge is 2.17. The minimum absolute atomic E-state index is 0.315. The van der Waals surface area contributed by atoms with Gasteiger partial charge in [0.1, 0.15) is 0 Å². The average Bonchev–Trinajstić information content (AvgIpc) is 2.14. The number of amides is 1. The fourth-order valence-electron chi connectivity index (χ4n) is 0.280. The molecule has 0 N–H and O–H groups in total. The Balaban J connectivity index is 2.49. The summed E-state index contributed by atoms with van der Waals surface area (Å²) in [7, 11) is 1.44. The molecule has 0 spiro atoms. The van der Waals surface area contributed by atoms with E-state index in [0.29, 0.717) is 5.23 Å². The van der Waals surface area contributed by atoms with Crippen LogP contribution in [0.5, 0.6) is 0 Å². The Morgan fingerprint density at radius 2 is 2.50 bits per heavy atom. The van der Waals surface area contributed by atoms with Crippen LogP contribution < -0.4 is 5.43 Å². The summed E-state index contributed by atoms with van der Waals surface area (Å²) in [6.45, 7) is 0. The van der Waals surface area contributed by atoms with Crippen molar-refractivity contribution in [2.75, 3.05) is 7.11 Å².